The molecular formula is C16H13Cl2NO6. The number of nitrogens with zero attached hydrogens (tertiary/aromatic N) is 1. The third-order valence-electron chi connectivity index (χ3n) is 3.08. The summed E-state index contributed by atoms with van der Waals surface area (Å²) in [4.78, 5) is 22.3. The van der Waals surface area contributed by atoms with Gasteiger partial charge in [0.25, 0.3) is 0 Å². The van der Waals surface area contributed by atoms with Gasteiger partial charge < -0.3 is 14.2 Å². The summed E-state index contributed by atoms with van der Waals surface area (Å²) < 4.78 is 15.3. The lowest BCUT2D eigenvalue weighted by atomic mass is 10.2. The molecule has 0 atom stereocenters. The maximum absolute atomic E-state index is 12.0. The van der Waals surface area contributed by atoms with Crippen LogP contribution in [-0.4, -0.2) is 31.2 Å². The highest BCUT2D eigenvalue weighted by Gasteiger charge is 2.18. The van der Waals surface area contributed by atoms with E-state index in [2.05, 4.69) is 0 Å². The minimum absolute atomic E-state index is 0.0389. The molecule has 7 nitrogen and oxygen atoms in total. The van der Waals surface area contributed by atoms with Crippen LogP contribution in [0.25, 0.3) is 0 Å². The Balaban J connectivity index is 1.92. The molecule has 2 aromatic rings. The first-order valence-corrected chi connectivity index (χ1v) is 7.75. The zero-order valence-electron chi connectivity index (χ0n) is 13.0. The number of carbonyl (C=O) groups excluding carboxylic acids is 1. The lowest BCUT2D eigenvalue weighted by Gasteiger charge is -2.09. The first-order chi connectivity index (χ1) is 11.9. The Morgan fingerprint density at radius 2 is 1.84 bits per heavy atom. The largest absolute Gasteiger partial charge is 0.490 e. The number of esters is 1. The van der Waals surface area contributed by atoms with E-state index in [0.29, 0.717) is 15.8 Å². The van der Waals surface area contributed by atoms with Gasteiger partial charge in [0.2, 0.25) is 0 Å². The molecule has 0 saturated carbocycles. The van der Waals surface area contributed by atoms with Crippen molar-refractivity contribution in [3.63, 3.8) is 0 Å². The van der Waals surface area contributed by atoms with Crippen molar-refractivity contribution in [1.82, 2.24) is 0 Å². The molecule has 2 rings (SSSR count). The number of halogens is 2. The van der Waals surface area contributed by atoms with Crippen molar-refractivity contribution in [2.75, 3.05) is 20.3 Å². The number of benzene rings is 2. The van der Waals surface area contributed by atoms with E-state index in [1.54, 1.807) is 12.1 Å². The molecule has 0 heterocycles. The SMILES string of the molecule is COc1ccc(C(=O)OCCOc2ccc(Cl)cc2Cl)cc1[N+](=O)[O-]. The Hall–Kier alpha value is -2.51. The molecule has 0 aliphatic heterocycles. The van der Waals surface area contributed by atoms with Gasteiger partial charge >= 0.3 is 11.7 Å². The van der Waals surface area contributed by atoms with Crippen LogP contribution in [0.3, 0.4) is 0 Å². The zero-order chi connectivity index (χ0) is 18.4. The summed E-state index contributed by atoms with van der Waals surface area (Å²) in [5.41, 5.74) is -0.279. The zero-order valence-corrected chi connectivity index (χ0v) is 14.5. The Morgan fingerprint density at radius 1 is 1.12 bits per heavy atom. The summed E-state index contributed by atoms with van der Waals surface area (Å²) in [5, 5.41) is 11.8. The van der Waals surface area contributed by atoms with Crippen LogP contribution in [0.5, 0.6) is 11.5 Å². The summed E-state index contributed by atoms with van der Waals surface area (Å²) >= 11 is 11.7. The fourth-order valence-corrected chi connectivity index (χ4v) is 2.38. The highest BCUT2D eigenvalue weighted by molar-refractivity contribution is 6.35. The van der Waals surface area contributed by atoms with Crippen molar-refractivity contribution in [3.05, 3.63) is 62.1 Å². The van der Waals surface area contributed by atoms with E-state index in [1.165, 1.54) is 25.3 Å². The van der Waals surface area contributed by atoms with Crippen LogP contribution in [0.1, 0.15) is 10.4 Å². The Bertz CT molecular complexity index is 796. The quantitative estimate of drug-likeness (QED) is 0.308. The molecule has 0 aliphatic rings. The number of hydrogen-bond donors (Lipinski definition) is 0. The molecule has 0 unspecified atom stereocenters. The summed E-state index contributed by atoms with van der Waals surface area (Å²) in [6.07, 6.45) is 0. The van der Waals surface area contributed by atoms with Crippen LogP contribution in [0.4, 0.5) is 5.69 Å². The smallest absolute Gasteiger partial charge is 0.338 e. The van der Waals surface area contributed by atoms with Gasteiger partial charge in [-0.2, -0.15) is 0 Å². The standard InChI is InChI=1S/C16H13Cl2NO6/c1-23-15-4-2-10(8-13(15)19(21)22)16(20)25-7-6-24-14-5-3-11(17)9-12(14)18/h2-5,8-9H,6-7H2,1H3. The summed E-state index contributed by atoms with van der Waals surface area (Å²) in [6, 6.07) is 8.55. The van der Waals surface area contributed by atoms with Gasteiger partial charge in [-0.1, -0.05) is 23.2 Å². The van der Waals surface area contributed by atoms with E-state index >= 15 is 0 Å². The van der Waals surface area contributed by atoms with Crippen LogP contribution >= 0.6 is 23.2 Å². The molecule has 0 fully saturated rings. The van der Waals surface area contributed by atoms with Crippen LogP contribution in [0.15, 0.2) is 36.4 Å². The molecule has 0 N–H and O–H groups in total. The van der Waals surface area contributed by atoms with Crippen molar-refractivity contribution >= 4 is 34.9 Å². The summed E-state index contributed by atoms with van der Waals surface area (Å²) in [5.74, 6) is -0.249. The Kier molecular flexibility index (Phi) is 6.44. The normalized spacial score (nSPS) is 10.2. The first-order valence-electron chi connectivity index (χ1n) is 6.99. The monoisotopic (exact) mass is 385 g/mol. The lowest BCUT2D eigenvalue weighted by Crippen LogP contribution is -2.12. The van der Waals surface area contributed by atoms with Crippen LogP contribution < -0.4 is 9.47 Å². The van der Waals surface area contributed by atoms with Gasteiger partial charge in [0, 0.05) is 11.1 Å². The van der Waals surface area contributed by atoms with E-state index < -0.39 is 10.9 Å². The van der Waals surface area contributed by atoms with Crippen molar-refractivity contribution in [3.8, 4) is 11.5 Å². The molecule has 2 aromatic carbocycles. The van der Waals surface area contributed by atoms with E-state index in [0.717, 1.165) is 6.07 Å². The third kappa shape index (κ3) is 4.98. The van der Waals surface area contributed by atoms with E-state index in [-0.39, 0.29) is 30.2 Å². The molecule has 0 aromatic heterocycles. The second-order valence-corrected chi connectivity index (χ2v) is 5.55. The first kappa shape index (κ1) is 18.8. The van der Waals surface area contributed by atoms with Crippen molar-refractivity contribution in [2.24, 2.45) is 0 Å². The topological polar surface area (TPSA) is 87.9 Å². The van der Waals surface area contributed by atoms with Gasteiger partial charge in [-0.3, -0.25) is 10.1 Å². The van der Waals surface area contributed by atoms with Crippen LogP contribution in [0, 0.1) is 10.1 Å². The molecule has 0 radical (unpaired) electrons. The fraction of sp³-hybridized carbons (Fsp3) is 0.188. The maximum atomic E-state index is 12.0. The lowest BCUT2D eigenvalue weighted by molar-refractivity contribution is -0.385. The number of hydrogen-bond acceptors (Lipinski definition) is 6. The van der Waals surface area contributed by atoms with Crippen molar-refractivity contribution < 1.29 is 23.9 Å². The third-order valence-corrected chi connectivity index (χ3v) is 3.61. The van der Waals surface area contributed by atoms with Crippen molar-refractivity contribution in [2.45, 2.75) is 0 Å². The van der Waals surface area contributed by atoms with Gasteiger partial charge in [-0.15, -0.1) is 0 Å². The average molecular weight is 386 g/mol. The second kappa shape index (κ2) is 8.55. The van der Waals surface area contributed by atoms with Crippen LogP contribution in [-0.2, 0) is 4.74 Å². The minimum Gasteiger partial charge on any atom is -0.490 e. The fourth-order valence-electron chi connectivity index (χ4n) is 1.92. The van der Waals surface area contributed by atoms with E-state index in [1.807, 2.05) is 0 Å². The molecule has 0 saturated heterocycles. The predicted molar refractivity (Wildman–Crippen MR) is 91.9 cm³/mol. The van der Waals surface area contributed by atoms with E-state index in [4.69, 9.17) is 37.4 Å². The van der Waals surface area contributed by atoms with Gasteiger partial charge in [-0.25, -0.2) is 4.79 Å². The highest BCUT2D eigenvalue weighted by Crippen LogP contribution is 2.28. The number of ether oxygens (including phenoxy) is 3. The van der Waals surface area contributed by atoms with Crippen LogP contribution in [0.2, 0.25) is 10.0 Å². The minimum atomic E-state index is -0.712. The molecule has 132 valence electrons. The van der Waals surface area contributed by atoms with Gasteiger partial charge in [0.05, 0.1) is 22.6 Å². The molecule has 0 aliphatic carbocycles. The second-order valence-electron chi connectivity index (χ2n) is 4.70. The molecule has 0 amide bonds. The molecule has 0 spiro atoms. The van der Waals surface area contributed by atoms with Gasteiger partial charge in [0.15, 0.2) is 5.75 Å². The predicted octanol–water partition coefficient (Wildman–Crippen LogP) is 4.15. The molecule has 25 heavy (non-hydrogen) atoms. The average Bonchev–Trinajstić information content (AvgIpc) is 2.59. The number of nitro benzene ring substituents is 1. The molecular weight excluding hydrogens is 373 g/mol. The Morgan fingerprint density at radius 3 is 2.48 bits per heavy atom. The highest BCUT2D eigenvalue weighted by atomic mass is 35.5. The number of carbonyl (C=O) groups is 1. The van der Waals surface area contributed by atoms with Gasteiger partial charge in [0.1, 0.15) is 19.0 Å². The number of nitro groups is 1. The summed E-state index contributed by atoms with van der Waals surface area (Å²) in [7, 11) is 1.31. The van der Waals surface area contributed by atoms with Gasteiger partial charge in [-0.05, 0) is 30.3 Å². The maximum Gasteiger partial charge on any atom is 0.338 e. The summed E-state index contributed by atoms with van der Waals surface area (Å²) in [6.45, 7) is 0.00293. The Labute approximate surface area is 153 Å². The van der Waals surface area contributed by atoms with E-state index in [9.17, 15) is 14.9 Å². The number of rotatable bonds is 7. The van der Waals surface area contributed by atoms with Crippen molar-refractivity contribution in [1.29, 1.82) is 0 Å². The molecule has 0 bridgehead atoms. The number of methoxy groups -OCH3 is 1. The molecule has 9 heteroatoms.